The summed E-state index contributed by atoms with van der Waals surface area (Å²) >= 11 is 0. The van der Waals surface area contributed by atoms with Gasteiger partial charge in [-0.1, -0.05) is 18.2 Å². The number of aryl methyl sites for hydroxylation is 1. The first kappa shape index (κ1) is 15.3. The van der Waals surface area contributed by atoms with Gasteiger partial charge in [-0.15, -0.1) is 0 Å². The molecule has 4 aromatic rings. The molecule has 0 bridgehead atoms. The van der Waals surface area contributed by atoms with Crippen LogP contribution in [0.5, 0.6) is 0 Å². The van der Waals surface area contributed by atoms with Gasteiger partial charge in [-0.3, -0.25) is 4.98 Å². The van der Waals surface area contributed by atoms with Crippen LogP contribution in [0.15, 0.2) is 64.0 Å². The summed E-state index contributed by atoms with van der Waals surface area (Å²) in [5, 5.41) is 2.30. The van der Waals surface area contributed by atoms with Crippen molar-refractivity contribution in [1.82, 2.24) is 4.98 Å². The zero-order valence-corrected chi connectivity index (χ0v) is 15.3. The van der Waals surface area contributed by atoms with Crippen molar-refractivity contribution in [3.63, 3.8) is 0 Å². The molecule has 0 spiro atoms. The van der Waals surface area contributed by atoms with E-state index in [9.17, 15) is 0 Å². The van der Waals surface area contributed by atoms with Gasteiger partial charge >= 0.3 is 0 Å². The number of para-hydroxylation sites is 1. The van der Waals surface area contributed by atoms with Crippen LogP contribution < -0.4 is 0 Å². The van der Waals surface area contributed by atoms with Gasteiger partial charge in [0, 0.05) is 27.4 Å². The molecule has 4 rings (SSSR count). The second-order valence-electron chi connectivity index (χ2n) is 6.98. The van der Waals surface area contributed by atoms with E-state index in [2.05, 4.69) is 56.2 Å². The normalized spacial score (nSPS) is 12.8. The highest BCUT2D eigenvalue weighted by atomic mass is 32.3. The standard InChI is InChI=1S/C21H21NOS/c1-14-11-18(22-13-21(14)24(2,3)4)15-9-10-20-17(12-15)16-7-5-6-8-19(16)23-20/h5-13H,1-4H3. The molecule has 0 aliphatic rings. The maximum absolute atomic E-state index is 5.91. The number of fused-ring (bicyclic) bond motifs is 3. The third kappa shape index (κ3) is 2.49. The molecule has 0 saturated carbocycles. The highest BCUT2D eigenvalue weighted by Gasteiger charge is 2.14. The quantitative estimate of drug-likeness (QED) is 0.448. The van der Waals surface area contributed by atoms with E-state index in [4.69, 9.17) is 9.40 Å². The van der Waals surface area contributed by atoms with Crippen molar-refractivity contribution in [2.75, 3.05) is 18.8 Å². The van der Waals surface area contributed by atoms with E-state index in [1.807, 2.05) is 24.3 Å². The van der Waals surface area contributed by atoms with Crippen molar-refractivity contribution in [3.8, 4) is 11.3 Å². The lowest BCUT2D eigenvalue weighted by molar-refractivity contribution is 0.669. The van der Waals surface area contributed by atoms with Crippen molar-refractivity contribution >= 4 is 32.0 Å². The van der Waals surface area contributed by atoms with Gasteiger partial charge in [0.1, 0.15) is 11.2 Å². The van der Waals surface area contributed by atoms with Crippen LogP contribution in [-0.2, 0) is 0 Å². The molecule has 2 heterocycles. The molecular weight excluding hydrogens is 314 g/mol. The van der Waals surface area contributed by atoms with E-state index < -0.39 is 10.0 Å². The molecule has 0 saturated heterocycles. The molecular formula is C21H21NOS. The Bertz CT molecular complexity index is 1060. The van der Waals surface area contributed by atoms with Gasteiger partial charge in [-0.05, 0) is 61.6 Å². The molecule has 3 heteroatoms. The SMILES string of the molecule is Cc1cc(-c2ccc3oc4ccccc4c3c2)ncc1S(C)(C)C. The van der Waals surface area contributed by atoms with Gasteiger partial charge in [-0.25, -0.2) is 10.0 Å². The topological polar surface area (TPSA) is 26.0 Å². The average molecular weight is 335 g/mol. The first-order chi connectivity index (χ1) is 11.4. The molecule has 2 aromatic heterocycles. The van der Waals surface area contributed by atoms with E-state index in [1.165, 1.54) is 10.5 Å². The maximum Gasteiger partial charge on any atom is 0.135 e. The number of rotatable bonds is 2. The first-order valence-corrected chi connectivity index (χ1v) is 10.9. The zero-order chi connectivity index (χ0) is 16.9. The zero-order valence-electron chi connectivity index (χ0n) is 14.5. The summed E-state index contributed by atoms with van der Waals surface area (Å²) in [7, 11) is -0.764. The number of pyridine rings is 1. The molecule has 2 aromatic carbocycles. The fraction of sp³-hybridized carbons (Fsp3) is 0.190. The van der Waals surface area contributed by atoms with Crippen molar-refractivity contribution < 1.29 is 4.42 Å². The molecule has 24 heavy (non-hydrogen) atoms. The Balaban J connectivity index is 1.87. The molecule has 2 nitrogen and oxygen atoms in total. The number of aromatic nitrogens is 1. The van der Waals surface area contributed by atoms with Crippen LogP contribution in [0.2, 0.25) is 0 Å². The fourth-order valence-corrected chi connectivity index (χ4v) is 4.62. The Kier molecular flexibility index (Phi) is 3.43. The molecule has 0 aliphatic carbocycles. The van der Waals surface area contributed by atoms with Crippen LogP contribution in [0.25, 0.3) is 33.2 Å². The highest BCUT2D eigenvalue weighted by Crippen LogP contribution is 2.47. The summed E-state index contributed by atoms with van der Waals surface area (Å²) in [6.07, 6.45) is 8.97. The predicted molar refractivity (Wildman–Crippen MR) is 105 cm³/mol. The number of nitrogens with zero attached hydrogens (tertiary/aromatic N) is 1. The number of furan rings is 1. The lowest BCUT2D eigenvalue weighted by Gasteiger charge is -2.27. The summed E-state index contributed by atoms with van der Waals surface area (Å²) in [6, 6.07) is 16.7. The Morgan fingerprint density at radius 1 is 0.875 bits per heavy atom. The Morgan fingerprint density at radius 2 is 1.62 bits per heavy atom. The summed E-state index contributed by atoms with van der Waals surface area (Å²) in [5.41, 5.74) is 5.33. The van der Waals surface area contributed by atoms with Crippen LogP contribution in [0.1, 0.15) is 5.56 Å². The molecule has 0 aliphatic heterocycles. The highest BCUT2D eigenvalue weighted by molar-refractivity contribution is 8.32. The van der Waals surface area contributed by atoms with E-state index in [0.717, 1.165) is 33.2 Å². The number of hydrogen-bond acceptors (Lipinski definition) is 2. The van der Waals surface area contributed by atoms with Gasteiger partial charge in [0.2, 0.25) is 0 Å². The molecule has 0 unspecified atom stereocenters. The lowest BCUT2D eigenvalue weighted by Crippen LogP contribution is -1.98. The smallest absolute Gasteiger partial charge is 0.135 e. The van der Waals surface area contributed by atoms with Crippen LogP contribution in [0, 0.1) is 6.92 Å². The lowest BCUT2D eigenvalue weighted by atomic mass is 10.1. The molecule has 0 fully saturated rings. The third-order valence-electron chi connectivity index (χ3n) is 4.39. The molecule has 0 amide bonds. The fourth-order valence-electron chi connectivity index (χ4n) is 3.23. The summed E-state index contributed by atoms with van der Waals surface area (Å²) in [4.78, 5) is 6.11. The van der Waals surface area contributed by atoms with Gasteiger partial charge in [-0.2, -0.15) is 0 Å². The monoisotopic (exact) mass is 335 g/mol. The Morgan fingerprint density at radius 3 is 2.38 bits per heavy atom. The van der Waals surface area contributed by atoms with E-state index >= 15 is 0 Å². The Hall–Kier alpha value is -2.26. The van der Waals surface area contributed by atoms with Gasteiger partial charge in [0.25, 0.3) is 0 Å². The van der Waals surface area contributed by atoms with Gasteiger partial charge in [0.05, 0.1) is 5.69 Å². The average Bonchev–Trinajstić information content (AvgIpc) is 2.91. The maximum atomic E-state index is 5.91. The molecule has 0 radical (unpaired) electrons. The van der Waals surface area contributed by atoms with Crippen LogP contribution >= 0.6 is 10.0 Å². The third-order valence-corrected chi connectivity index (χ3v) is 6.14. The minimum absolute atomic E-state index is 0.764. The van der Waals surface area contributed by atoms with E-state index in [1.54, 1.807) is 0 Å². The van der Waals surface area contributed by atoms with Crippen LogP contribution in [0.4, 0.5) is 0 Å². The van der Waals surface area contributed by atoms with Gasteiger partial charge in [0.15, 0.2) is 0 Å². The Labute approximate surface area is 143 Å². The minimum atomic E-state index is -0.764. The minimum Gasteiger partial charge on any atom is -0.456 e. The second-order valence-corrected chi connectivity index (χ2v) is 11.1. The molecule has 122 valence electrons. The predicted octanol–water partition coefficient (Wildman–Crippen LogP) is 6.01. The van der Waals surface area contributed by atoms with Crippen molar-refractivity contribution in [2.45, 2.75) is 11.8 Å². The van der Waals surface area contributed by atoms with E-state index in [-0.39, 0.29) is 0 Å². The number of benzene rings is 2. The van der Waals surface area contributed by atoms with Crippen molar-refractivity contribution in [3.05, 3.63) is 60.3 Å². The summed E-state index contributed by atoms with van der Waals surface area (Å²) < 4.78 is 5.91. The first-order valence-electron chi connectivity index (χ1n) is 8.00. The van der Waals surface area contributed by atoms with Crippen LogP contribution in [-0.4, -0.2) is 23.8 Å². The summed E-state index contributed by atoms with van der Waals surface area (Å²) in [5.74, 6) is 0. The van der Waals surface area contributed by atoms with Crippen molar-refractivity contribution in [1.29, 1.82) is 0 Å². The second kappa shape index (κ2) is 5.38. The van der Waals surface area contributed by atoms with E-state index in [0.29, 0.717) is 0 Å². The largest absolute Gasteiger partial charge is 0.456 e. The summed E-state index contributed by atoms with van der Waals surface area (Å²) in [6.45, 7) is 2.19. The van der Waals surface area contributed by atoms with Crippen LogP contribution in [0.3, 0.4) is 0 Å². The number of hydrogen-bond donors (Lipinski definition) is 0. The van der Waals surface area contributed by atoms with Gasteiger partial charge < -0.3 is 4.42 Å². The molecule has 0 atom stereocenters. The van der Waals surface area contributed by atoms with Crippen molar-refractivity contribution in [2.24, 2.45) is 0 Å². The molecule has 0 N–H and O–H groups in total.